The van der Waals surface area contributed by atoms with Gasteiger partial charge in [-0.15, -0.1) is 0 Å². The van der Waals surface area contributed by atoms with Crippen molar-refractivity contribution in [1.82, 2.24) is 10.6 Å². The Bertz CT molecular complexity index is 690. The number of carbonyl (C=O) groups excluding carboxylic acids is 2. The maximum atomic E-state index is 12.4. The van der Waals surface area contributed by atoms with Gasteiger partial charge >= 0.3 is 0 Å². The highest BCUT2D eigenvalue weighted by Crippen LogP contribution is 2.61. The first-order valence-corrected chi connectivity index (χ1v) is 9.99. The fourth-order valence-corrected chi connectivity index (χ4v) is 6.12. The lowest BCUT2D eigenvalue weighted by atomic mass is 9.49. The molecule has 5 rings (SSSR count). The Balaban J connectivity index is 1.22. The second kappa shape index (κ2) is 7.06. The van der Waals surface area contributed by atoms with Crippen molar-refractivity contribution in [2.24, 2.45) is 23.2 Å². The molecule has 27 heavy (non-hydrogen) atoms. The van der Waals surface area contributed by atoms with Gasteiger partial charge in [-0.25, -0.2) is 0 Å². The van der Waals surface area contributed by atoms with Crippen LogP contribution in [0.2, 0.25) is 0 Å². The summed E-state index contributed by atoms with van der Waals surface area (Å²) in [6.45, 7) is 0.684. The number of phenolic OH excluding ortho intramolecular Hbond substituents is 2. The second-order valence-electron chi connectivity index (χ2n) is 8.94. The number of hydrogen-bond acceptors (Lipinski definition) is 4. The largest absolute Gasteiger partial charge is 0.508 e. The molecule has 4 saturated carbocycles. The van der Waals surface area contributed by atoms with E-state index >= 15 is 0 Å². The second-order valence-corrected chi connectivity index (χ2v) is 8.94. The van der Waals surface area contributed by atoms with Gasteiger partial charge in [-0.3, -0.25) is 9.59 Å². The maximum absolute atomic E-state index is 12.4. The fourth-order valence-electron chi connectivity index (χ4n) is 6.12. The Kier molecular flexibility index (Phi) is 4.74. The van der Waals surface area contributed by atoms with Crippen LogP contribution in [0.15, 0.2) is 18.2 Å². The smallest absolute Gasteiger partial charge is 0.251 e. The summed E-state index contributed by atoms with van der Waals surface area (Å²) < 4.78 is 0. The van der Waals surface area contributed by atoms with E-state index in [1.807, 2.05) is 0 Å². The third-order valence-electron chi connectivity index (χ3n) is 6.60. The van der Waals surface area contributed by atoms with Crippen molar-refractivity contribution in [3.8, 4) is 11.5 Å². The highest BCUT2D eigenvalue weighted by Gasteiger charge is 2.51. The van der Waals surface area contributed by atoms with E-state index < -0.39 is 5.91 Å². The summed E-state index contributed by atoms with van der Waals surface area (Å²) in [5, 5.41) is 24.5. The Labute approximate surface area is 159 Å². The van der Waals surface area contributed by atoms with Crippen molar-refractivity contribution in [2.45, 2.75) is 44.9 Å². The van der Waals surface area contributed by atoms with Crippen LogP contribution in [0.4, 0.5) is 0 Å². The van der Waals surface area contributed by atoms with Crippen molar-refractivity contribution in [1.29, 1.82) is 0 Å². The lowest BCUT2D eigenvalue weighted by molar-refractivity contribution is -0.129. The molecule has 0 saturated heterocycles. The first-order chi connectivity index (χ1) is 12.9. The van der Waals surface area contributed by atoms with E-state index in [9.17, 15) is 19.8 Å². The van der Waals surface area contributed by atoms with E-state index in [1.54, 1.807) is 0 Å². The summed E-state index contributed by atoms with van der Waals surface area (Å²) in [6, 6.07) is 3.75. The lowest BCUT2D eigenvalue weighted by Crippen LogP contribution is -2.48. The standard InChI is InChI=1S/C21H28N2O4/c24-17-6-16(7-18(25)8-17)20(27)23-2-1-22-19(26)12-21-9-13-3-14(10-21)5-15(4-13)11-21/h6-8,13-15,24-25H,1-5,9-12H2,(H,22,26)(H,23,27). The van der Waals surface area contributed by atoms with E-state index in [0.29, 0.717) is 19.5 Å². The molecule has 0 radical (unpaired) electrons. The Morgan fingerprint density at radius 1 is 0.889 bits per heavy atom. The summed E-state index contributed by atoms with van der Waals surface area (Å²) in [4.78, 5) is 24.5. The first kappa shape index (κ1) is 18.1. The molecule has 6 nitrogen and oxygen atoms in total. The number of benzene rings is 1. The van der Waals surface area contributed by atoms with Gasteiger partial charge in [-0.1, -0.05) is 0 Å². The molecule has 1 aromatic rings. The highest BCUT2D eigenvalue weighted by atomic mass is 16.3. The average molecular weight is 372 g/mol. The number of phenols is 2. The first-order valence-electron chi connectivity index (χ1n) is 9.99. The molecule has 2 amide bonds. The van der Waals surface area contributed by atoms with Crippen LogP contribution in [-0.2, 0) is 4.79 Å². The molecule has 4 aliphatic carbocycles. The van der Waals surface area contributed by atoms with Crippen LogP contribution in [0.25, 0.3) is 0 Å². The molecule has 0 spiro atoms. The monoisotopic (exact) mass is 372 g/mol. The SMILES string of the molecule is O=C(CC12CC3CC(CC(C3)C1)C2)NCCNC(=O)c1cc(O)cc(O)c1. The van der Waals surface area contributed by atoms with Crippen LogP contribution in [0.3, 0.4) is 0 Å². The van der Waals surface area contributed by atoms with E-state index in [2.05, 4.69) is 10.6 Å². The van der Waals surface area contributed by atoms with Gasteiger partial charge in [0.2, 0.25) is 5.91 Å². The summed E-state index contributed by atoms with van der Waals surface area (Å²) in [7, 11) is 0. The molecule has 146 valence electrons. The number of carbonyl (C=O) groups is 2. The molecule has 0 aromatic heterocycles. The predicted molar refractivity (Wildman–Crippen MR) is 100 cm³/mol. The van der Waals surface area contributed by atoms with E-state index in [0.717, 1.165) is 17.8 Å². The van der Waals surface area contributed by atoms with E-state index in [4.69, 9.17) is 0 Å². The van der Waals surface area contributed by atoms with Crippen LogP contribution in [0.1, 0.15) is 55.3 Å². The average Bonchev–Trinajstić information content (AvgIpc) is 2.56. The molecule has 4 bridgehead atoms. The zero-order chi connectivity index (χ0) is 19.0. The van der Waals surface area contributed by atoms with Crippen LogP contribution in [-0.4, -0.2) is 35.1 Å². The lowest BCUT2D eigenvalue weighted by Gasteiger charge is -2.56. The number of aromatic hydroxyl groups is 2. The minimum atomic E-state index is -0.392. The topological polar surface area (TPSA) is 98.7 Å². The summed E-state index contributed by atoms with van der Waals surface area (Å²) in [5.41, 5.74) is 0.411. The molecular formula is C21H28N2O4. The number of nitrogens with one attached hydrogen (secondary N) is 2. The molecule has 0 aliphatic heterocycles. The van der Waals surface area contributed by atoms with E-state index in [1.165, 1.54) is 56.7 Å². The van der Waals surface area contributed by atoms with Crippen molar-refractivity contribution >= 4 is 11.8 Å². The van der Waals surface area contributed by atoms with Gasteiger partial charge < -0.3 is 20.8 Å². The fraction of sp³-hybridized carbons (Fsp3) is 0.619. The van der Waals surface area contributed by atoms with Gasteiger partial charge in [0, 0.05) is 31.1 Å². The summed E-state index contributed by atoms with van der Waals surface area (Å²) in [5.74, 6) is 1.87. The van der Waals surface area contributed by atoms with Crippen LogP contribution >= 0.6 is 0 Å². The minimum absolute atomic E-state index is 0.0844. The predicted octanol–water partition coefficient (Wildman–Crippen LogP) is 2.55. The van der Waals surface area contributed by atoms with Crippen molar-refractivity contribution in [2.75, 3.05) is 13.1 Å². The number of amides is 2. The van der Waals surface area contributed by atoms with Gasteiger partial charge in [-0.2, -0.15) is 0 Å². The van der Waals surface area contributed by atoms with Gasteiger partial charge in [0.15, 0.2) is 0 Å². The third kappa shape index (κ3) is 4.04. The molecule has 4 fully saturated rings. The van der Waals surface area contributed by atoms with Crippen LogP contribution in [0.5, 0.6) is 11.5 Å². The third-order valence-corrected chi connectivity index (χ3v) is 6.60. The van der Waals surface area contributed by atoms with Gasteiger partial charge in [0.25, 0.3) is 5.91 Å². The molecular weight excluding hydrogens is 344 g/mol. The van der Waals surface area contributed by atoms with Gasteiger partial charge in [0.05, 0.1) is 0 Å². The molecule has 4 aliphatic rings. The normalized spacial score (nSPS) is 30.9. The quantitative estimate of drug-likeness (QED) is 0.577. The summed E-state index contributed by atoms with van der Waals surface area (Å²) >= 11 is 0. The minimum Gasteiger partial charge on any atom is -0.508 e. The zero-order valence-corrected chi connectivity index (χ0v) is 15.5. The van der Waals surface area contributed by atoms with Crippen molar-refractivity contribution in [3.63, 3.8) is 0 Å². The maximum Gasteiger partial charge on any atom is 0.251 e. The Hall–Kier alpha value is -2.24. The highest BCUT2D eigenvalue weighted by molar-refractivity contribution is 5.95. The molecule has 0 heterocycles. The number of rotatable bonds is 6. The van der Waals surface area contributed by atoms with Gasteiger partial charge in [-0.05, 0) is 73.8 Å². The molecule has 4 N–H and O–H groups in total. The van der Waals surface area contributed by atoms with E-state index in [-0.39, 0.29) is 28.4 Å². The molecule has 0 atom stereocenters. The van der Waals surface area contributed by atoms with Crippen LogP contribution < -0.4 is 10.6 Å². The molecule has 1 aromatic carbocycles. The Morgan fingerprint density at radius 3 is 1.96 bits per heavy atom. The zero-order valence-electron chi connectivity index (χ0n) is 15.5. The molecule has 6 heteroatoms. The Morgan fingerprint density at radius 2 is 1.41 bits per heavy atom. The van der Waals surface area contributed by atoms with Crippen molar-refractivity contribution < 1.29 is 19.8 Å². The van der Waals surface area contributed by atoms with Crippen molar-refractivity contribution in [3.05, 3.63) is 23.8 Å². The number of hydrogen-bond donors (Lipinski definition) is 4. The van der Waals surface area contributed by atoms with Crippen LogP contribution in [0, 0.1) is 23.2 Å². The van der Waals surface area contributed by atoms with Gasteiger partial charge in [0.1, 0.15) is 11.5 Å². The molecule has 0 unspecified atom stereocenters. The summed E-state index contributed by atoms with van der Waals surface area (Å²) in [6.07, 6.45) is 8.37.